The van der Waals surface area contributed by atoms with Gasteiger partial charge in [-0.3, -0.25) is 9.59 Å². The summed E-state index contributed by atoms with van der Waals surface area (Å²) in [7, 11) is 0. The lowest BCUT2D eigenvalue weighted by molar-refractivity contribution is -0.120. The fourth-order valence-corrected chi connectivity index (χ4v) is 1.81. The lowest BCUT2D eigenvalue weighted by atomic mass is 10.1. The van der Waals surface area contributed by atoms with Crippen molar-refractivity contribution in [2.75, 3.05) is 0 Å². The number of primary amides is 1. The molecule has 0 radical (unpaired) electrons. The zero-order valence-corrected chi connectivity index (χ0v) is 10.2. The zero-order valence-electron chi connectivity index (χ0n) is 10.2. The first-order chi connectivity index (χ1) is 8.97. The maximum atomic E-state index is 13.0. The van der Waals surface area contributed by atoms with Gasteiger partial charge in [0.1, 0.15) is 6.04 Å². The predicted molar refractivity (Wildman–Crippen MR) is 64.1 cm³/mol. The van der Waals surface area contributed by atoms with Crippen molar-refractivity contribution in [3.05, 3.63) is 35.4 Å². The minimum Gasteiger partial charge on any atom is -0.368 e. The van der Waals surface area contributed by atoms with Gasteiger partial charge >= 0.3 is 0 Å². The zero-order chi connectivity index (χ0) is 14.0. The van der Waals surface area contributed by atoms with Gasteiger partial charge in [-0.15, -0.1) is 0 Å². The summed E-state index contributed by atoms with van der Waals surface area (Å²) in [6, 6.07) is 2.04. The topological polar surface area (TPSA) is 72.2 Å². The molecule has 1 aromatic carbocycles. The lowest BCUT2D eigenvalue weighted by Gasteiger charge is -2.15. The van der Waals surface area contributed by atoms with Crippen molar-refractivity contribution in [1.29, 1.82) is 0 Å². The van der Waals surface area contributed by atoms with E-state index in [-0.39, 0.29) is 5.56 Å². The van der Waals surface area contributed by atoms with Crippen molar-refractivity contribution >= 4 is 11.8 Å². The Hall–Kier alpha value is -1.98. The molecule has 0 saturated heterocycles. The summed E-state index contributed by atoms with van der Waals surface area (Å²) in [5.74, 6) is -2.99. The van der Waals surface area contributed by atoms with Crippen molar-refractivity contribution in [1.82, 2.24) is 5.32 Å². The van der Waals surface area contributed by atoms with Crippen LogP contribution < -0.4 is 11.1 Å². The molecular weight excluding hydrogens is 254 g/mol. The predicted octanol–water partition coefficient (Wildman–Crippen LogP) is 1.35. The van der Waals surface area contributed by atoms with E-state index in [0.717, 1.165) is 31.0 Å². The maximum absolute atomic E-state index is 13.0. The van der Waals surface area contributed by atoms with Crippen LogP contribution in [0.5, 0.6) is 0 Å². The van der Waals surface area contributed by atoms with Crippen molar-refractivity contribution < 1.29 is 18.4 Å². The molecule has 1 aromatic rings. The fraction of sp³-hybridized carbons (Fsp3) is 0.385. The molecule has 2 rings (SSSR count). The molecule has 0 aromatic heterocycles. The van der Waals surface area contributed by atoms with E-state index in [1.165, 1.54) is 0 Å². The van der Waals surface area contributed by atoms with Crippen molar-refractivity contribution in [3.8, 4) is 0 Å². The van der Waals surface area contributed by atoms with Gasteiger partial charge in [-0.1, -0.05) is 12.8 Å². The molecule has 0 aliphatic heterocycles. The third-order valence-corrected chi connectivity index (χ3v) is 3.10. The van der Waals surface area contributed by atoms with Gasteiger partial charge in [-0.25, -0.2) is 8.78 Å². The first-order valence-corrected chi connectivity index (χ1v) is 6.02. The van der Waals surface area contributed by atoms with Gasteiger partial charge in [0.25, 0.3) is 5.91 Å². The summed E-state index contributed by atoms with van der Waals surface area (Å²) in [6.45, 7) is 0. The number of rotatable bonds is 5. The summed E-state index contributed by atoms with van der Waals surface area (Å²) < 4.78 is 25.8. The van der Waals surface area contributed by atoms with Crippen molar-refractivity contribution in [3.63, 3.8) is 0 Å². The smallest absolute Gasteiger partial charge is 0.252 e. The Morgan fingerprint density at radius 1 is 1.32 bits per heavy atom. The summed E-state index contributed by atoms with van der Waals surface area (Å²) >= 11 is 0. The Balaban J connectivity index is 2.05. The second kappa shape index (κ2) is 5.34. The van der Waals surface area contributed by atoms with Gasteiger partial charge in [0, 0.05) is 5.56 Å². The highest BCUT2D eigenvalue weighted by Crippen LogP contribution is 2.33. The number of hydrogen-bond donors (Lipinski definition) is 2. The van der Waals surface area contributed by atoms with Gasteiger partial charge < -0.3 is 11.1 Å². The van der Waals surface area contributed by atoms with Gasteiger partial charge in [-0.05, 0) is 30.5 Å². The number of benzene rings is 1. The van der Waals surface area contributed by atoms with Crippen LogP contribution in [0.3, 0.4) is 0 Å². The Kier molecular flexibility index (Phi) is 3.78. The van der Waals surface area contributed by atoms with E-state index in [9.17, 15) is 18.4 Å². The molecule has 19 heavy (non-hydrogen) atoms. The van der Waals surface area contributed by atoms with Crippen molar-refractivity contribution in [2.45, 2.75) is 25.3 Å². The number of amides is 2. The molecule has 1 aliphatic rings. The van der Waals surface area contributed by atoms with Crippen LogP contribution in [-0.2, 0) is 4.79 Å². The second-order valence-electron chi connectivity index (χ2n) is 4.74. The molecule has 0 unspecified atom stereocenters. The van der Waals surface area contributed by atoms with E-state index >= 15 is 0 Å². The Bertz CT molecular complexity index is 515. The highest BCUT2D eigenvalue weighted by atomic mass is 19.2. The van der Waals surface area contributed by atoms with E-state index in [0.29, 0.717) is 12.3 Å². The summed E-state index contributed by atoms with van der Waals surface area (Å²) in [6.07, 6.45) is 2.53. The molecule has 1 atom stereocenters. The summed E-state index contributed by atoms with van der Waals surface area (Å²) in [4.78, 5) is 23.0. The molecule has 1 fully saturated rings. The van der Waals surface area contributed by atoms with Gasteiger partial charge in [0.05, 0.1) is 0 Å². The van der Waals surface area contributed by atoms with Gasteiger partial charge in [-0.2, -0.15) is 0 Å². The second-order valence-corrected chi connectivity index (χ2v) is 4.74. The molecule has 0 heterocycles. The van der Waals surface area contributed by atoms with Gasteiger partial charge in [0.2, 0.25) is 5.91 Å². The van der Waals surface area contributed by atoms with E-state index in [4.69, 9.17) is 5.73 Å². The number of nitrogens with two attached hydrogens (primary N) is 1. The quantitative estimate of drug-likeness (QED) is 0.846. The van der Waals surface area contributed by atoms with E-state index in [2.05, 4.69) is 5.32 Å². The largest absolute Gasteiger partial charge is 0.368 e. The van der Waals surface area contributed by atoms with Crippen molar-refractivity contribution in [2.24, 2.45) is 11.7 Å². The lowest BCUT2D eigenvalue weighted by Crippen LogP contribution is -2.44. The summed E-state index contributed by atoms with van der Waals surface area (Å²) in [5, 5.41) is 2.45. The molecule has 3 N–H and O–H groups in total. The molecule has 0 spiro atoms. The van der Waals surface area contributed by atoms with Crippen LogP contribution in [0, 0.1) is 17.6 Å². The maximum Gasteiger partial charge on any atom is 0.252 e. The molecule has 6 heteroatoms. The third-order valence-electron chi connectivity index (χ3n) is 3.10. The van der Waals surface area contributed by atoms with Gasteiger partial charge in [0.15, 0.2) is 11.6 Å². The average Bonchev–Trinajstić information content (AvgIpc) is 3.15. The molecule has 1 saturated carbocycles. The molecule has 102 valence electrons. The highest BCUT2D eigenvalue weighted by Gasteiger charge is 2.29. The van der Waals surface area contributed by atoms with E-state index < -0.39 is 29.5 Å². The van der Waals surface area contributed by atoms with Crippen LogP contribution in [-0.4, -0.2) is 17.9 Å². The monoisotopic (exact) mass is 268 g/mol. The summed E-state index contributed by atoms with van der Waals surface area (Å²) in [5.41, 5.74) is 5.16. The fourth-order valence-electron chi connectivity index (χ4n) is 1.81. The number of nitrogens with one attached hydrogen (secondary N) is 1. The average molecular weight is 268 g/mol. The minimum atomic E-state index is -1.11. The number of carbonyl (C=O) groups excluding carboxylic acids is 2. The standard InChI is InChI=1S/C13H14F2N2O2/c14-9-4-3-8(6-10(9)15)13(19)17-11(12(16)18)5-7-1-2-7/h3-4,6-7,11H,1-2,5H2,(H2,16,18)(H,17,19)/t11-/m1/s1. The van der Waals surface area contributed by atoms with Crippen LogP contribution in [0.15, 0.2) is 18.2 Å². The first-order valence-electron chi connectivity index (χ1n) is 6.02. The van der Waals surface area contributed by atoms with Crippen LogP contribution in [0.1, 0.15) is 29.6 Å². The van der Waals surface area contributed by atoms with Crippen LogP contribution in [0.25, 0.3) is 0 Å². The first kappa shape index (κ1) is 13.5. The van der Waals surface area contributed by atoms with E-state index in [1.807, 2.05) is 0 Å². The Morgan fingerprint density at radius 3 is 2.53 bits per heavy atom. The van der Waals surface area contributed by atoms with Crippen LogP contribution in [0.4, 0.5) is 8.78 Å². The SMILES string of the molecule is NC(=O)[C@@H](CC1CC1)NC(=O)c1ccc(F)c(F)c1. The molecule has 4 nitrogen and oxygen atoms in total. The molecule has 0 bridgehead atoms. The number of carbonyl (C=O) groups is 2. The Morgan fingerprint density at radius 2 is 2.00 bits per heavy atom. The molecule has 1 aliphatic carbocycles. The van der Waals surface area contributed by atoms with E-state index in [1.54, 1.807) is 0 Å². The highest BCUT2D eigenvalue weighted by molar-refractivity contribution is 5.97. The third kappa shape index (κ3) is 3.49. The van der Waals surface area contributed by atoms with Crippen LogP contribution >= 0.6 is 0 Å². The molecule has 2 amide bonds. The normalized spacial score (nSPS) is 15.9. The minimum absolute atomic E-state index is 0.0408. The Labute approximate surface area is 109 Å². The van der Waals surface area contributed by atoms with Crippen LogP contribution in [0.2, 0.25) is 0 Å². The molecular formula is C13H14F2N2O2. The number of halogens is 2. The number of hydrogen-bond acceptors (Lipinski definition) is 2.